The lowest BCUT2D eigenvalue weighted by Crippen LogP contribution is -2.68. The Bertz CT molecular complexity index is 908. The van der Waals surface area contributed by atoms with Crippen LogP contribution in [0.15, 0.2) is 30.3 Å². The second-order valence-electron chi connectivity index (χ2n) is 11.5. The van der Waals surface area contributed by atoms with Crippen LogP contribution in [0.4, 0.5) is 4.79 Å². The van der Waals surface area contributed by atoms with Crippen molar-refractivity contribution in [2.45, 2.75) is 83.4 Å². The lowest BCUT2D eigenvalue weighted by atomic mass is 9.43. The van der Waals surface area contributed by atoms with Crippen molar-refractivity contribution < 1.29 is 23.9 Å². The van der Waals surface area contributed by atoms with E-state index in [9.17, 15) is 14.4 Å². The molecule has 1 amide bonds. The summed E-state index contributed by atoms with van der Waals surface area (Å²) in [4.78, 5) is 39.1. The van der Waals surface area contributed by atoms with Gasteiger partial charge >= 0.3 is 18.0 Å². The van der Waals surface area contributed by atoms with Crippen LogP contribution in [0.25, 0.3) is 0 Å². The lowest BCUT2D eigenvalue weighted by Gasteiger charge is -2.63. The van der Waals surface area contributed by atoms with Crippen molar-refractivity contribution in [2.75, 3.05) is 0 Å². The van der Waals surface area contributed by atoms with Crippen molar-refractivity contribution in [2.24, 2.45) is 28.9 Å². The van der Waals surface area contributed by atoms with Crippen molar-refractivity contribution in [3.8, 4) is 0 Å². The maximum atomic E-state index is 13.5. The molecule has 0 saturated heterocycles. The van der Waals surface area contributed by atoms with Crippen LogP contribution in [0.3, 0.4) is 0 Å². The fraction of sp³-hybridized carbons (Fsp3) is 0.654. The van der Waals surface area contributed by atoms with Gasteiger partial charge in [-0.1, -0.05) is 37.3 Å². The van der Waals surface area contributed by atoms with E-state index >= 15 is 0 Å². The zero-order valence-electron chi connectivity index (χ0n) is 20.1. The second kappa shape index (κ2) is 8.42. The molecule has 4 saturated carbocycles. The van der Waals surface area contributed by atoms with Crippen LogP contribution < -0.4 is 11.1 Å². The van der Waals surface area contributed by atoms with Crippen LogP contribution in [-0.4, -0.2) is 35.2 Å². The lowest BCUT2D eigenvalue weighted by molar-refractivity contribution is -0.189. The van der Waals surface area contributed by atoms with Crippen LogP contribution in [0.5, 0.6) is 0 Å². The molecule has 0 heterocycles. The van der Waals surface area contributed by atoms with E-state index in [1.165, 1.54) is 0 Å². The number of amides is 1. The van der Waals surface area contributed by atoms with E-state index < -0.39 is 35.1 Å². The van der Waals surface area contributed by atoms with Gasteiger partial charge in [0.15, 0.2) is 0 Å². The van der Waals surface area contributed by atoms with E-state index in [0.717, 1.165) is 37.7 Å². The molecule has 0 spiro atoms. The number of esters is 2. The summed E-state index contributed by atoms with van der Waals surface area (Å²) < 4.78 is 10.8. The van der Waals surface area contributed by atoms with Crippen LogP contribution in [0, 0.1) is 23.2 Å². The molecule has 33 heavy (non-hydrogen) atoms. The monoisotopic (exact) mass is 456 g/mol. The highest BCUT2D eigenvalue weighted by molar-refractivity contribution is 5.93. The highest BCUT2D eigenvalue weighted by atomic mass is 16.6. The Hall–Kier alpha value is -2.41. The van der Waals surface area contributed by atoms with Gasteiger partial charge in [-0.2, -0.15) is 0 Å². The van der Waals surface area contributed by atoms with Gasteiger partial charge in [0.2, 0.25) is 0 Å². The molecule has 1 aromatic carbocycles. The Balaban J connectivity index is 1.51. The van der Waals surface area contributed by atoms with E-state index in [1.807, 2.05) is 37.3 Å². The van der Waals surface area contributed by atoms with Crippen LogP contribution in [0.2, 0.25) is 0 Å². The first-order chi connectivity index (χ1) is 15.4. The molecule has 0 radical (unpaired) electrons. The number of rotatable bonds is 5. The minimum atomic E-state index is -1.04. The molecule has 5 rings (SSSR count). The SMILES string of the molecule is CC1C2(N)CC3CC(C2)CC1(C(=O)OC(=O)[C@H](Cc1ccccc1)NC(=O)OC(C)(C)C)C3. The first kappa shape index (κ1) is 23.7. The highest BCUT2D eigenvalue weighted by Gasteiger charge is 2.64. The van der Waals surface area contributed by atoms with E-state index in [0.29, 0.717) is 11.8 Å². The first-order valence-corrected chi connectivity index (χ1v) is 12.0. The van der Waals surface area contributed by atoms with Crippen molar-refractivity contribution in [1.29, 1.82) is 0 Å². The van der Waals surface area contributed by atoms with Crippen molar-refractivity contribution in [1.82, 2.24) is 5.32 Å². The third-order valence-corrected chi connectivity index (χ3v) is 7.86. The molecule has 4 fully saturated rings. The van der Waals surface area contributed by atoms with Gasteiger partial charge < -0.3 is 20.5 Å². The van der Waals surface area contributed by atoms with Gasteiger partial charge in [-0.15, -0.1) is 0 Å². The second-order valence-corrected chi connectivity index (χ2v) is 11.5. The summed E-state index contributed by atoms with van der Waals surface area (Å²) in [6, 6.07) is 8.26. The largest absolute Gasteiger partial charge is 0.444 e. The van der Waals surface area contributed by atoms with E-state index in [1.54, 1.807) is 20.8 Å². The number of hydrogen-bond acceptors (Lipinski definition) is 6. The summed E-state index contributed by atoms with van der Waals surface area (Å²) in [5.74, 6) is -0.496. The molecule has 7 heteroatoms. The maximum absolute atomic E-state index is 13.5. The molecule has 4 atom stereocenters. The summed E-state index contributed by atoms with van der Waals surface area (Å²) in [5.41, 5.74) is 5.77. The zero-order chi connectivity index (χ0) is 24.0. The molecule has 3 unspecified atom stereocenters. The summed E-state index contributed by atoms with van der Waals surface area (Å²) in [6.45, 7) is 7.27. The normalized spacial score (nSPS) is 33.3. The smallest absolute Gasteiger partial charge is 0.408 e. The molecular weight excluding hydrogens is 420 g/mol. The molecule has 1 aromatic rings. The Morgan fingerprint density at radius 1 is 1.09 bits per heavy atom. The molecule has 7 nitrogen and oxygen atoms in total. The van der Waals surface area contributed by atoms with Crippen LogP contribution in [0.1, 0.15) is 65.4 Å². The molecule has 0 aliphatic heterocycles. The van der Waals surface area contributed by atoms with Gasteiger partial charge in [0.25, 0.3) is 0 Å². The van der Waals surface area contributed by atoms with Gasteiger partial charge in [-0.3, -0.25) is 4.79 Å². The topological polar surface area (TPSA) is 108 Å². The third-order valence-electron chi connectivity index (χ3n) is 7.86. The standard InChI is InChI=1S/C26H36N2O5/c1-16-25(12-18-10-19(13-25)15-26(16,27)14-18)22(30)32-21(29)20(11-17-8-6-5-7-9-17)28-23(31)33-24(2,3)4/h5-9,16,18-20H,10-15,27H2,1-4H3,(H,28,31)/t16?,18?,19?,20-,25?,26?/m0/s1. The Kier molecular flexibility index (Phi) is 6.06. The number of hydrogen-bond donors (Lipinski definition) is 2. The Morgan fingerprint density at radius 3 is 2.27 bits per heavy atom. The first-order valence-electron chi connectivity index (χ1n) is 12.0. The fourth-order valence-electron chi connectivity index (χ4n) is 6.58. The molecular formula is C26H36N2O5. The zero-order valence-corrected chi connectivity index (χ0v) is 20.1. The van der Waals surface area contributed by atoms with Gasteiger partial charge in [0.05, 0.1) is 5.41 Å². The maximum Gasteiger partial charge on any atom is 0.408 e. The van der Waals surface area contributed by atoms with Crippen molar-refractivity contribution in [3.63, 3.8) is 0 Å². The number of nitrogens with one attached hydrogen (secondary N) is 1. The summed E-state index contributed by atoms with van der Waals surface area (Å²) >= 11 is 0. The van der Waals surface area contributed by atoms with Gasteiger partial charge in [0.1, 0.15) is 11.6 Å². The number of nitrogens with two attached hydrogens (primary N) is 1. The Labute approximate surface area is 195 Å². The molecule has 3 N–H and O–H groups in total. The van der Waals surface area contributed by atoms with E-state index in [4.69, 9.17) is 15.2 Å². The quantitative estimate of drug-likeness (QED) is 0.516. The van der Waals surface area contributed by atoms with Crippen LogP contribution in [-0.2, 0) is 25.5 Å². The Morgan fingerprint density at radius 2 is 1.70 bits per heavy atom. The molecule has 4 aliphatic carbocycles. The van der Waals surface area contributed by atoms with Crippen LogP contribution >= 0.6 is 0 Å². The predicted molar refractivity (Wildman–Crippen MR) is 123 cm³/mol. The van der Waals surface area contributed by atoms with Crippen molar-refractivity contribution >= 4 is 18.0 Å². The molecule has 4 aliphatic rings. The average Bonchev–Trinajstić information content (AvgIpc) is 2.70. The highest BCUT2D eigenvalue weighted by Crippen LogP contribution is 2.63. The number of carbonyl (C=O) groups is 3. The number of carbonyl (C=O) groups excluding carboxylic acids is 3. The number of ether oxygens (including phenoxy) is 2. The minimum Gasteiger partial charge on any atom is -0.444 e. The van der Waals surface area contributed by atoms with Crippen molar-refractivity contribution in [3.05, 3.63) is 35.9 Å². The summed E-state index contributed by atoms with van der Waals surface area (Å²) in [5, 5.41) is 2.61. The van der Waals surface area contributed by atoms with E-state index in [-0.39, 0.29) is 17.9 Å². The van der Waals surface area contributed by atoms with Gasteiger partial charge in [-0.25, -0.2) is 9.59 Å². The minimum absolute atomic E-state index is 0.0514. The molecule has 4 bridgehead atoms. The fourth-order valence-corrected chi connectivity index (χ4v) is 6.58. The summed E-state index contributed by atoms with van der Waals surface area (Å²) in [7, 11) is 0. The predicted octanol–water partition coefficient (Wildman–Crippen LogP) is 3.74. The number of benzene rings is 1. The summed E-state index contributed by atoms with van der Waals surface area (Å²) in [6.07, 6.45) is 3.88. The van der Waals surface area contributed by atoms with Gasteiger partial charge in [-0.05, 0) is 76.2 Å². The number of alkyl carbamates (subject to hydrolysis) is 1. The van der Waals surface area contributed by atoms with E-state index in [2.05, 4.69) is 5.32 Å². The molecule has 0 aromatic heterocycles. The molecule has 180 valence electrons. The van der Waals surface area contributed by atoms with Gasteiger partial charge in [0, 0.05) is 12.0 Å². The third kappa shape index (κ3) is 4.79. The average molecular weight is 457 g/mol.